The topological polar surface area (TPSA) is 35.2 Å². The van der Waals surface area contributed by atoms with Gasteiger partial charge in [0.05, 0.1) is 6.26 Å². The first kappa shape index (κ1) is 8.34. The Labute approximate surface area is 67.7 Å². The van der Waals surface area contributed by atoms with Crippen molar-refractivity contribution >= 4 is 0 Å². The number of hydrogen-bond donors (Lipinski definition) is 1. The van der Waals surface area contributed by atoms with Gasteiger partial charge in [-0.3, -0.25) is 0 Å². The molecule has 2 nitrogen and oxygen atoms in total. The van der Waals surface area contributed by atoms with Gasteiger partial charge in [-0.15, -0.1) is 0 Å². The SMILES string of the molecule is CC(C)(N)CC1C=CC=CO1. The van der Waals surface area contributed by atoms with Crippen molar-refractivity contribution < 1.29 is 4.74 Å². The average Bonchev–Trinajstić information content (AvgIpc) is 1.85. The first-order chi connectivity index (χ1) is 5.08. The summed E-state index contributed by atoms with van der Waals surface area (Å²) in [6, 6.07) is 0. The van der Waals surface area contributed by atoms with Gasteiger partial charge in [-0.25, -0.2) is 0 Å². The molecule has 1 heterocycles. The third-order valence-corrected chi connectivity index (χ3v) is 1.50. The molecule has 0 aromatic rings. The quantitative estimate of drug-likeness (QED) is 0.653. The molecule has 1 rings (SSSR count). The molecule has 0 bridgehead atoms. The standard InChI is InChI=1S/C9H15NO/c1-9(2,10)7-8-5-3-4-6-11-8/h3-6,8H,7,10H2,1-2H3. The third kappa shape index (κ3) is 3.23. The van der Waals surface area contributed by atoms with E-state index in [2.05, 4.69) is 0 Å². The normalized spacial score (nSPS) is 23.4. The second kappa shape index (κ2) is 3.09. The molecule has 0 radical (unpaired) electrons. The summed E-state index contributed by atoms with van der Waals surface area (Å²) >= 11 is 0. The average molecular weight is 153 g/mol. The monoisotopic (exact) mass is 153 g/mol. The molecule has 0 spiro atoms. The Bertz CT molecular complexity index is 176. The van der Waals surface area contributed by atoms with Crippen LogP contribution >= 0.6 is 0 Å². The molecule has 62 valence electrons. The van der Waals surface area contributed by atoms with Crippen molar-refractivity contribution in [3.05, 3.63) is 24.5 Å². The van der Waals surface area contributed by atoms with Gasteiger partial charge >= 0.3 is 0 Å². The van der Waals surface area contributed by atoms with E-state index in [1.54, 1.807) is 6.26 Å². The molecule has 1 aliphatic rings. The van der Waals surface area contributed by atoms with Gasteiger partial charge in [0.1, 0.15) is 6.10 Å². The predicted molar refractivity (Wildman–Crippen MR) is 46.0 cm³/mol. The van der Waals surface area contributed by atoms with Crippen LogP contribution in [0.3, 0.4) is 0 Å². The molecular formula is C9H15NO. The Morgan fingerprint density at radius 3 is 2.64 bits per heavy atom. The zero-order valence-electron chi connectivity index (χ0n) is 7.08. The van der Waals surface area contributed by atoms with Gasteiger partial charge < -0.3 is 10.5 Å². The van der Waals surface area contributed by atoms with Crippen molar-refractivity contribution in [2.75, 3.05) is 0 Å². The smallest absolute Gasteiger partial charge is 0.118 e. The van der Waals surface area contributed by atoms with Crippen molar-refractivity contribution in [1.82, 2.24) is 0 Å². The van der Waals surface area contributed by atoms with E-state index in [0.717, 1.165) is 6.42 Å². The summed E-state index contributed by atoms with van der Waals surface area (Å²) in [7, 11) is 0. The lowest BCUT2D eigenvalue weighted by Crippen LogP contribution is -2.36. The first-order valence-electron chi connectivity index (χ1n) is 3.86. The van der Waals surface area contributed by atoms with Crippen LogP contribution in [0.4, 0.5) is 0 Å². The highest BCUT2D eigenvalue weighted by molar-refractivity contribution is 5.08. The van der Waals surface area contributed by atoms with Crippen LogP contribution in [-0.4, -0.2) is 11.6 Å². The maximum atomic E-state index is 5.83. The van der Waals surface area contributed by atoms with E-state index in [-0.39, 0.29) is 11.6 Å². The molecular weight excluding hydrogens is 138 g/mol. The number of allylic oxidation sites excluding steroid dienone is 2. The number of rotatable bonds is 2. The minimum atomic E-state index is -0.153. The highest BCUT2D eigenvalue weighted by Crippen LogP contribution is 2.14. The molecule has 1 aliphatic heterocycles. The molecule has 2 heteroatoms. The first-order valence-corrected chi connectivity index (χ1v) is 3.86. The van der Waals surface area contributed by atoms with E-state index in [1.807, 2.05) is 32.1 Å². The van der Waals surface area contributed by atoms with Crippen molar-refractivity contribution in [2.24, 2.45) is 5.73 Å². The highest BCUT2D eigenvalue weighted by Gasteiger charge is 2.17. The van der Waals surface area contributed by atoms with Crippen LogP contribution in [0.1, 0.15) is 20.3 Å². The molecule has 0 saturated heterocycles. The van der Waals surface area contributed by atoms with E-state index >= 15 is 0 Å². The molecule has 1 unspecified atom stereocenters. The van der Waals surface area contributed by atoms with E-state index in [4.69, 9.17) is 10.5 Å². The van der Waals surface area contributed by atoms with Gasteiger partial charge in [-0.05, 0) is 26.0 Å². The van der Waals surface area contributed by atoms with Crippen LogP contribution in [0.5, 0.6) is 0 Å². The van der Waals surface area contributed by atoms with Crippen molar-refractivity contribution in [3.8, 4) is 0 Å². The van der Waals surface area contributed by atoms with Crippen LogP contribution in [0.2, 0.25) is 0 Å². The minimum Gasteiger partial charge on any atom is -0.494 e. The number of ether oxygens (including phenoxy) is 1. The Morgan fingerprint density at radius 1 is 1.45 bits per heavy atom. The number of hydrogen-bond acceptors (Lipinski definition) is 2. The van der Waals surface area contributed by atoms with Gasteiger partial charge in [0.2, 0.25) is 0 Å². The second-order valence-corrected chi connectivity index (χ2v) is 3.58. The van der Waals surface area contributed by atoms with Crippen molar-refractivity contribution in [2.45, 2.75) is 31.9 Å². The maximum absolute atomic E-state index is 5.83. The lowest BCUT2D eigenvalue weighted by Gasteiger charge is -2.24. The molecule has 0 aromatic carbocycles. The lowest BCUT2D eigenvalue weighted by molar-refractivity contribution is 0.152. The molecule has 0 aromatic heterocycles. The van der Waals surface area contributed by atoms with Gasteiger partial charge in [0.25, 0.3) is 0 Å². The fraction of sp³-hybridized carbons (Fsp3) is 0.556. The van der Waals surface area contributed by atoms with Gasteiger partial charge in [-0.2, -0.15) is 0 Å². The molecule has 2 N–H and O–H groups in total. The fourth-order valence-electron chi connectivity index (χ4n) is 1.06. The van der Waals surface area contributed by atoms with Crippen molar-refractivity contribution in [3.63, 3.8) is 0 Å². The molecule has 0 fully saturated rings. The van der Waals surface area contributed by atoms with Crippen molar-refractivity contribution in [1.29, 1.82) is 0 Å². The number of nitrogens with two attached hydrogens (primary N) is 1. The zero-order valence-corrected chi connectivity index (χ0v) is 7.08. The van der Waals surface area contributed by atoms with Crippen LogP contribution in [0.15, 0.2) is 24.5 Å². The van der Waals surface area contributed by atoms with Gasteiger partial charge in [0, 0.05) is 12.0 Å². The summed E-state index contributed by atoms with van der Waals surface area (Å²) in [6.07, 6.45) is 8.60. The fourth-order valence-corrected chi connectivity index (χ4v) is 1.06. The Kier molecular flexibility index (Phi) is 2.35. The summed E-state index contributed by atoms with van der Waals surface area (Å²) < 4.78 is 5.31. The van der Waals surface area contributed by atoms with Crippen LogP contribution < -0.4 is 5.73 Å². The molecule has 0 amide bonds. The van der Waals surface area contributed by atoms with Crippen LogP contribution in [0, 0.1) is 0 Å². The summed E-state index contributed by atoms with van der Waals surface area (Å²) in [5.74, 6) is 0. The van der Waals surface area contributed by atoms with Crippen LogP contribution in [-0.2, 0) is 4.74 Å². The zero-order chi connectivity index (χ0) is 8.32. The van der Waals surface area contributed by atoms with Crippen LogP contribution in [0.25, 0.3) is 0 Å². The molecule has 11 heavy (non-hydrogen) atoms. The van der Waals surface area contributed by atoms with E-state index < -0.39 is 0 Å². The Balaban J connectivity index is 2.39. The third-order valence-electron chi connectivity index (χ3n) is 1.50. The Morgan fingerprint density at radius 2 is 2.18 bits per heavy atom. The summed E-state index contributed by atoms with van der Waals surface area (Å²) in [5.41, 5.74) is 5.68. The Hall–Kier alpha value is -0.760. The largest absolute Gasteiger partial charge is 0.494 e. The summed E-state index contributed by atoms with van der Waals surface area (Å²) in [4.78, 5) is 0. The van der Waals surface area contributed by atoms with Gasteiger partial charge in [0.15, 0.2) is 0 Å². The van der Waals surface area contributed by atoms with E-state index in [0.29, 0.717) is 0 Å². The summed E-state index contributed by atoms with van der Waals surface area (Å²) in [6.45, 7) is 4.00. The molecule has 0 saturated carbocycles. The highest BCUT2D eigenvalue weighted by atomic mass is 16.5. The second-order valence-electron chi connectivity index (χ2n) is 3.58. The molecule has 1 atom stereocenters. The predicted octanol–water partition coefficient (Wildman–Crippen LogP) is 1.58. The van der Waals surface area contributed by atoms with E-state index in [9.17, 15) is 0 Å². The molecule has 0 aliphatic carbocycles. The minimum absolute atomic E-state index is 0.153. The lowest BCUT2D eigenvalue weighted by atomic mass is 9.97. The van der Waals surface area contributed by atoms with Gasteiger partial charge in [-0.1, -0.05) is 6.08 Å². The van der Waals surface area contributed by atoms with E-state index in [1.165, 1.54) is 0 Å². The summed E-state index contributed by atoms with van der Waals surface area (Å²) in [5, 5.41) is 0. The maximum Gasteiger partial charge on any atom is 0.118 e.